The van der Waals surface area contributed by atoms with Crippen LogP contribution in [0, 0.1) is 6.92 Å². The summed E-state index contributed by atoms with van der Waals surface area (Å²) in [4.78, 5) is 2.40. The maximum Gasteiger partial charge on any atom is 0.214 e. The van der Waals surface area contributed by atoms with Crippen molar-refractivity contribution in [3.05, 3.63) is 11.8 Å². The smallest absolute Gasteiger partial charge is 0.214 e. The first-order chi connectivity index (χ1) is 7.78. The number of aromatic nitrogens is 2. The van der Waals surface area contributed by atoms with Gasteiger partial charge in [-0.15, -0.1) is 0 Å². The molecular formula is C11H17N3O2. The van der Waals surface area contributed by atoms with Gasteiger partial charge < -0.3 is 9.47 Å². The van der Waals surface area contributed by atoms with Crippen LogP contribution in [0.4, 0.5) is 0 Å². The fourth-order valence-electron chi connectivity index (χ4n) is 2.35. The summed E-state index contributed by atoms with van der Waals surface area (Å²) in [5.74, 6) is 0.931. The van der Waals surface area contributed by atoms with Crippen molar-refractivity contribution in [2.45, 2.75) is 25.6 Å². The Bertz CT molecular complexity index is 385. The molecule has 0 N–H and O–H groups in total. The van der Waals surface area contributed by atoms with Gasteiger partial charge >= 0.3 is 0 Å². The molecule has 0 aromatic carbocycles. The van der Waals surface area contributed by atoms with Crippen LogP contribution >= 0.6 is 0 Å². The molecule has 0 bridgehead atoms. The number of methoxy groups -OCH3 is 1. The molecule has 0 saturated carbocycles. The summed E-state index contributed by atoms with van der Waals surface area (Å²) in [5.41, 5.74) is 1.12. The first-order valence-corrected chi connectivity index (χ1v) is 5.70. The van der Waals surface area contributed by atoms with Crippen LogP contribution in [0.2, 0.25) is 0 Å². The highest BCUT2D eigenvalue weighted by Gasteiger charge is 2.35. The second-order valence-corrected chi connectivity index (χ2v) is 4.59. The molecule has 0 amide bonds. The van der Waals surface area contributed by atoms with E-state index in [1.807, 2.05) is 17.8 Å². The highest BCUT2D eigenvalue weighted by molar-refractivity contribution is 5.23. The van der Waals surface area contributed by atoms with Crippen molar-refractivity contribution >= 4 is 0 Å². The molecule has 1 aromatic heterocycles. The minimum absolute atomic E-state index is 0.403. The van der Waals surface area contributed by atoms with Gasteiger partial charge in [0.25, 0.3) is 0 Å². The van der Waals surface area contributed by atoms with E-state index in [1.165, 1.54) is 0 Å². The molecule has 5 heteroatoms. The topological polar surface area (TPSA) is 39.5 Å². The van der Waals surface area contributed by atoms with Crippen LogP contribution in [0.5, 0.6) is 5.88 Å². The van der Waals surface area contributed by atoms with Crippen LogP contribution in [0.25, 0.3) is 0 Å². The normalized spacial score (nSPS) is 26.0. The summed E-state index contributed by atoms with van der Waals surface area (Å²) < 4.78 is 13.0. The molecule has 2 aliphatic rings. The molecule has 2 aliphatic heterocycles. The summed E-state index contributed by atoms with van der Waals surface area (Å²) in [6.45, 7) is 5.76. The van der Waals surface area contributed by atoms with Gasteiger partial charge in [0.1, 0.15) is 6.61 Å². The van der Waals surface area contributed by atoms with E-state index in [2.05, 4.69) is 10.00 Å². The Hall–Kier alpha value is -1.07. The van der Waals surface area contributed by atoms with Crippen LogP contribution in [0.1, 0.15) is 5.56 Å². The lowest BCUT2D eigenvalue weighted by atomic mass is 10.1. The van der Waals surface area contributed by atoms with Gasteiger partial charge in [0, 0.05) is 25.8 Å². The van der Waals surface area contributed by atoms with E-state index >= 15 is 0 Å². The quantitative estimate of drug-likeness (QED) is 0.722. The van der Waals surface area contributed by atoms with Gasteiger partial charge in [-0.1, -0.05) is 0 Å². The predicted octanol–water partition coefficient (Wildman–Crippen LogP) is 0.283. The van der Waals surface area contributed by atoms with E-state index in [0.29, 0.717) is 12.1 Å². The molecule has 1 aromatic rings. The van der Waals surface area contributed by atoms with Crippen LogP contribution in [-0.4, -0.2) is 53.6 Å². The molecule has 5 nitrogen and oxygen atoms in total. The number of hydrogen-bond donors (Lipinski definition) is 0. The molecule has 0 spiro atoms. The number of rotatable bonds is 2. The van der Waals surface area contributed by atoms with Crippen molar-refractivity contribution in [2.75, 3.05) is 26.8 Å². The maximum absolute atomic E-state index is 5.75. The SMILES string of the molecule is COC1CN([C@H]2COc3c(C)cnn3C2)C1. The van der Waals surface area contributed by atoms with Crippen molar-refractivity contribution in [3.8, 4) is 5.88 Å². The van der Waals surface area contributed by atoms with Crippen molar-refractivity contribution in [1.82, 2.24) is 14.7 Å². The maximum atomic E-state index is 5.75. The molecule has 1 atom stereocenters. The van der Waals surface area contributed by atoms with Gasteiger partial charge in [0.2, 0.25) is 5.88 Å². The summed E-state index contributed by atoms with van der Waals surface area (Å²) >= 11 is 0. The molecule has 0 radical (unpaired) electrons. The molecule has 16 heavy (non-hydrogen) atoms. The molecule has 3 rings (SSSR count). The van der Waals surface area contributed by atoms with Crippen molar-refractivity contribution in [2.24, 2.45) is 0 Å². The Morgan fingerprint density at radius 3 is 3.00 bits per heavy atom. The minimum Gasteiger partial charge on any atom is -0.476 e. The van der Waals surface area contributed by atoms with Crippen LogP contribution in [-0.2, 0) is 11.3 Å². The van der Waals surface area contributed by atoms with E-state index in [1.54, 1.807) is 7.11 Å². The number of hydrogen-bond acceptors (Lipinski definition) is 4. The highest BCUT2D eigenvalue weighted by atomic mass is 16.5. The third-order valence-corrected chi connectivity index (χ3v) is 3.48. The fraction of sp³-hybridized carbons (Fsp3) is 0.727. The molecular weight excluding hydrogens is 206 g/mol. The number of ether oxygens (including phenoxy) is 2. The Morgan fingerprint density at radius 2 is 2.25 bits per heavy atom. The van der Waals surface area contributed by atoms with E-state index in [-0.39, 0.29) is 0 Å². The number of likely N-dealkylation sites (tertiary alicyclic amines) is 1. The molecule has 0 unspecified atom stereocenters. The van der Waals surface area contributed by atoms with Gasteiger partial charge in [0.15, 0.2) is 0 Å². The summed E-state index contributed by atoms with van der Waals surface area (Å²) in [6, 6.07) is 0.443. The molecule has 3 heterocycles. The zero-order valence-corrected chi connectivity index (χ0v) is 9.72. The van der Waals surface area contributed by atoms with Gasteiger partial charge in [-0.2, -0.15) is 5.10 Å². The third-order valence-electron chi connectivity index (χ3n) is 3.48. The zero-order chi connectivity index (χ0) is 11.1. The Labute approximate surface area is 94.9 Å². The lowest BCUT2D eigenvalue weighted by molar-refractivity contribution is -0.0684. The largest absolute Gasteiger partial charge is 0.476 e. The number of aryl methyl sites for hydroxylation is 1. The second kappa shape index (κ2) is 3.75. The Kier molecular flexibility index (Phi) is 2.37. The zero-order valence-electron chi connectivity index (χ0n) is 9.72. The predicted molar refractivity (Wildman–Crippen MR) is 58.6 cm³/mol. The van der Waals surface area contributed by atoms with Crippen LogP contribution < -0.4 is 4.74 Å². The fourth-order valence-corrected chi connectivity index (χ4v) is 2.35. The highest BCUT2D eigenvalue weighted by Crippen LogP contribution is 2.25. The molecule has 1 saturated heterocycles. The van der Waals surface area contributed by atoms with Crippen molar-refractivity contribution in [3.63, 3.8) is 0 Å². The van der Waals surface area contributed by atoms with Crippen molar-refractivity contribution < 1.29 is 9.47 Å². The van der Waals surface area contributed by atoms with Crippen LogP contribution in [0.3, 0.4) is 0 Å². The van der Waals surface area contributed by atoms with Crippen LogP contribution in [0.15, 0.2) is 6.20 Å². The van der Waals surface area contributed by atoms with Gasteiger partial charge in [-0.3, -0.25) is 4.90 Å². The first-order valence-electron chi connectivity index (χ1n) is 5.70. The van der Waals surface area contributed by atoms with E-state index in [9.17, 15) is 0 Å². The van der Waals surface area contributed by atoms with Crippen molar-refractivity contribution in [1.29, 1.82) is 0 Å². The van der Waals surface area contributed by atoms with E-state index in [4.69, 9.17) is 9.47 Å². The molecule has 1 fully saturated rings. The third kappa shape index (κ3) is 1.51. The molecule has 0 aliphatic carbocycles. The monoisotopic (exact) mass is 223 g/mol. The number of nitrogens with zero attached hydrogens (tertiary/aromatic N) is 3. The lowest BCUT2D eigenvalue weighted by Crippen LogP contribution is -2.59. The summed E-state index contributed by atoms with van der Waals surface area (Å²) in [5, 5.41) is 4.32. The van der Waals surface area contributed by atoms with Gasteiger partial charge in [-0.05, 0) is 6.92 Å². The average molecular weight is 223 g/mol. The number of fused-ring (bicyclic) bond motifs is 1. The molecule has 88 valence electrons. The summed E-state index contributed by atoms with van der Waals surface area (Å²) in [6.07, 6.45) is 2.27. The first kappa shape index (κ1) is 10.1. The lowest BCUT2D eigenvalue weighted by Gasteiger charge is -2.44. The minimum atomic E-state index is 0.403. The van der Waals surface area contributed by atoms with E-state index < -0.39 is 0 Å². The summed E-state index contributed by atoms with van der Waals surface area (Å²) in [7, 11) is 1.77. The standard InChI is InChI=1S/C11H17N3O2/c1-8-3-12-14-4-9(7-16-11(8)14)13-5-10(6-13)15-2/h3,9-10H,4-7H2,1-2H3/t9-/m1/s1. The van der Waals surface area contributed by atoms with Gasteiger partial charge in [-0.25, -0.2) is 4.68 Å². The van der Waals surface area contributed by atoms with E-state index in [0.717, 1.165) is 37.7 Å². The second-order valence-electron chi connectivity index (χ2n) is 4.59. The average Bonchev–Trinajstić information content (AvgIpc) is 2.59. The Balaban J connectivity index is 1.65. The van der Waals surface area contributed by atoms with Gasteiger partial charge in [0.05, 0.1) is 24.9 Å². The Morgan fingerprint density at radius 1 is 1.44 bits per heavy atom.